The Morgan fingerprint density at radius 2 is 2.06 bits per heavy atom. The normalized spacial score (nSPS) is 23.2. The smallest absolute Gasteiger partial charge is 0.224 e. The molecule has 1 aliphatic carbocycles. The molecule has 186 valence electrons. The molecule has 1 unspecified atom stereocenters. The van der Waals surface area contributed by atoms with Crippen molar-refractivity contribution < 1.29 is 4.79 Å². The van der Waals surface area contributed by atoms with E-state index in [4.69, 9.17) is 0 Å². The summed E-state index contributed by atoms with van der Waals surface area (Å²) in [4.78, 5) is 19.9. The van der Waals surface area contributed by atoms with Crippen molar-refractivity contribution in [3.05, 3.63) is 65.6 Å². The number of likely N-dealkylation sites (N-methyl/N-ethyl adjacent to an activating group) is 1. The minimum absolute atomic E-state index is 0.0403. The van der Waals surface area contributed by atoms with Crippen LogP contribution in [0.15, 0.2) is 48.9 Å². The fraction of sp³-hybridized carbons (Fsp3) is 0.533. The highest BCUT2D eigenvalue weighted by atomic mass is 16.1. The number of piperidine rings is 1. The number of pyridine rings is 1. The van der Waals surface area contributed by atoms with Crippen LogP contribution in [-0.4, -0.2) is 46.5 Å². The number of nitrogens with zero attached hydrogens (tertiary/aromatic N) is 3. The van der Waals surface area contributed by atoms with Crippen LogP contribution in [0.1, 0.15) is 75.5 Å². The average Bonchev–Trinajstić information content (AvgIpc) is 3.23. The van der Waals surface area contributed by atoms with Crippen LogP contribution in [0.25, 0.3) is 10.9 Å². The summed E-state index contributed by atoms with van der Waals surface area (Å²) in [7, 11) is 2.21. The average molecular weight is 473 g/mol. The fourth-order valence-electron chi connectivity index (χ4n) is 6.39. The lowest BCUT2D eigenvalue weighted by molar-refractivity contribution is -0.127. The molecule has 1 amide bonds. The molecule has 4 atom stereocenters. The summed E-state index contributed by atoms with van der Waals surface area (Å²) in [5, 5.41) is 4.69. The van der Waals surface area contributed by atoms with Crippen LogP contribution >= 0.6 is 0 Å². The number of nitrogens with one attached hydrogen (secondary N) is 1. The Kier molecular flexibility index (Phi) is 6.47. The first-order chi connectivity index (χ1) is 16.7. The molecule has 3 heterocycles. The summed E-state index contributed by atoms with van der Waals surface area (Å²) in [6.45, 7) is 10.6. The Balaban J connectivity index is 1.26. The summed E-state index contributed by atoms with van der Waals surface area (Å²) < 4.78 is 2.44. The number of aromatic nitrogens is 2. The zero-order valence-corrected chi connectivity index (χ0v) is 21.9. The summed E-state index contributed by atoms with van der Waals surface area (Å²) in [5.74, 6) is 1.12. The van der Waals surface area contributed by atoms with Gasteiger partial charge >= 0.3 is 0 Å². The lowest BCUT2D eigenvalue weighted by Crippen LogP contribution is -2.51. The highest BCUT2D eigenvalue weighted by Gasteiger charge is 2.42. The third-order valence-corrected chi connectivity index (χ3v) is 8.31. The number of hydrogen-bond acceptors (Lipinski definition) is 3. The molecule has 0 saturated carbocycles. The Morgan fingerprint density at radius 1 is 1.23 bits per heavy atom. The molecule has 0 bridgehead atoms. The lowest BCUT2D eigenvalue weighted by atomic mass is 9.72. The largest absolute Gasteiger partial charge is 0.356 e. The second kappa shape index (κ2) is 9.42. The van der Waals surface area contributed by atoms with Gasteiger partial charge in [0, 0.05) is 60.1 Å². The number of amides is 1. The summed E-state index contributed by atoms with van der Waals surface area (Å²) in [6, 6.07) is 11.4. The van der Waals surface area contributed by atoms with E-state index < -0.39 is 0 Å². The number of carbonyl (C=O) groups is 1. The van der Waals surface area contributed by atoms with Crippen molar-refractivity contribution in [3.63, 3.8) is 0 Å². The Hall–Kier alpha value is -2.66. The monoisotopic (exact) mass is 472 g/mol. The van der Waals surface area contributed by atoms with Gasteiger partial charge in [-0.25, -0.2) is 0 Å². The molecule has 1 aromatic carbocycles. The van der Waals surface area contributed by atoms with Gasteiger partial charge in [-0.15, -0.1) is 0 Å². The van der Waals surface area contributed by atoms with Gasteiger partial charge in [0.2, 0.25) is 5.91 Å². The first-order valence-electron chi connectivity index (χ1n) is 13.2. The van der Waals surface area contributed by atoms with Gasteiger partial charge in [-0.2, -0.15) is 0 Å². The van der Waals surface area contributed by atoms with E-state index in [0.717, 1.165) is 38.8 Å². The molecule has 3 aromatic rings. The van der Waals surface area contributed by atoms with Crippen molar-refractivity contribution in [3.8, 4) is 0 Å². The van der Waals surface area contributed by atoms with Gasteiger partial charge in [0.1, 0.15) is 0 Å². The number of likely N-dealkylation sites (tertiary alicyclic amines) is 1. The van der Waals surface area contributed by atoms with Gasteiger partial charge in [0.25, 0.3) is 0 Å². The molecule has 0 spiro atoms. The molecule has 0 radical (unpaired) electrons. The first kappa shape index (κ1) is 24.1. The van der Waals surface area contributed by atoms with Gasteiger partial charge in [-0.3, -0.25) is 9.78 Å². The minimum Gasteiger partial charge on any atom is -0.356 e. The topological polar surface area (TPSA) is 50.2 Å². The highest BCUT2D eigenvalue weighted by Crippen LogP contribution is 2.45. The quantitative estimate of drug-likeness (QED) is 0.485. The molecule has 1 saturated heterocycles. The van der Waals surface area contributed by atoms with E-state index in [2.05, 4.69) is 85.0 Å². The van der Waals surface area contributed by atoms with E-state index in [0.29, 0.717) is 17.9 Å². The number of rotatable bonds is 6. The summed E-state index contributed by atoms with van der Waals surface area (Å²) >= 11 is 0. The number of carbonyl (C=O) groups excluding carboxylic acids is 1. The maximum Gasteiger partial charge on any atom is 0.224 e. The number of fused-ring (bicyclic) bond motifs is 2. The van der Waals surface area contributed by atoms with Gasteiger partial charge in [-0.05, 0) is 88.2 Å². The molecule has 1 aliphatic heterocycles. The third kappa shape index (κ3) is 4.63. The standard InChI is InChI=1S/C30H40N4O/c1-20(21-10-8-13-31-17-21)9-7-14-32-29(35)23-15-25-24-11-6-12-26-28(24)22(16-27(25)33(5)18-23)19-34(26)30(2,3)4/h6,8,10-13,17,19-20,23,25,27H,7,9,14-16,18H2,1-5H3,(H,32,35)/t20?,23-,25-,27-/m1/s1. The molecule has 35 heavy (non-hydrogen) atoms. The van der Waals surface area contributed by atoms with Crippen molar-refractivity contribution in [2.45, 2.75) is 76.8 Å². The van der Waals surface area contributed by atoms with E-state index in [1.807, 2.05) is 18.5 Å². The van der Waals surface area contributed by atoms with E-state index >= 15 is 0 Å². The van der Waals surface area contributed by atoms with Crippen molar-refractivity contribution in [1.29, 1.82) is 0 Å². The molecule has 5 nitrogen and oxygen atoms in total. The minimum atomic E-state index is 0.0403. The molecule has 2 aliphatic rings. The van der Waals surface area contributed by atoms with E-state index in [-0.39, 0.29) is 17.4 Å². The van der Waals surface area contributed by atoms with E-state index in [9.17, 15) is 4.79 Å². The molecule has 1 fully saturated rings. The lowest BCUT2D eigenvalue weighted by Gasteiger charge is -2.45. The molecular weight excluding hydrogens is 432 g/mol. The van der Waals surface area contributed by atoms with Crippen molar-refractivity contribution in [2.24, 2.45) is 5.92 Å². The first-order valence-corrected chi connectivity index (χ1v) is 13.2. The SMILES string of the molecule is CC(CCCNC(=O)[C@@H]1C[C@@H]2c3cccc4c3c(cn4C(C)(C)C)C[C@H]2N(C)C1)c1cccnc1. The van der Waals surface area contributed by atoms with Crippen LogP contribution in [0.3, 0.4) is 0 Å². The van der Waals surface area contributed by atoms with Crippen LogP contribution in [0.4, 0.5) is 0 Å². The molecule has 1 N–H and O–H groups in total. The van der Waals surface area contributed by atoms with Gasteiger partial charge in [0.05, 0.1) is 5.92 Å². The zero-order valence-electron chi connectivity index (χ0n) is 21.9. The summed E-state index contributed by atoms with van der Waals surface area (Å²) in [6.07, 6.45) is 10.2. The maximum absolute atomic E-state index is 13.2. The van der Waals surface area contributed by atoms with Crippen LogP contribution < -0.4 is 5.32 Å². The van der Waals surface area contributed by atoms with Crippen LogP contribution in [0.5, 0.6) is 0 Å². The van der Waals surface area contributed by atoms with Crippen molar-refractivity contribution >= 4 is 16.8 Å². The number of benzene rings is 1. The van der Waals surface area contributed by atoms with Gasteiger partial charge < -0.3 is 14.8 Å². The van der Waals surface area contributed by atoms with Crippen LogP contribution in [0, 0.1) is 5.92 Å². The third-order valence-electron chi connectivity index (χ3n) is 8.31. The Bertz CT molecular complexity index is 1190. The van der Waals surface area contributed by atoms with Crippen LogP contribution in [0.2, 0.25) is 0 Å². The second-order valence-corrected chi connectivity index (χ2v) is 11.8. The summed E-state index contributed by atoms with van der Waals surface area (Å²) in [5.41, 5.74) is 5.55. The zero-order chi connectivity index (χ0) is 24.7. The Labute approximate surface area is 209 Å². The van der Waals surface area contributed by atoms with Gasteiger partial charge in [0.15, 0.2) is 0 Å². The van der Waals surface area contributed by atoms with Crippen molar-refractivity contribution in [1.82, 2.24) is 19.8 Å². The van der Waals surface area contributed by atoms with Crippen molar-refractivity contribution in [2.75, 3.05) is 20.1 Å². The molecule has 5 rings (SSSR count). The van der Waals surface area contributed by atoms with Gasteiger partial charge in [-0.1, -0.05) is 25.1 Å². The molecule has 2 aromatic heterocycles. The highest BCUT2D eigenvalue weighted by molar-refractivity contribution is 5.89. The predicted molar refractivity (Wildman–Crippen MR) is 143 cm³/mol. The predicted octanol–water partition coefficient (Wildman–Crippen LogP) is 5.45. The number of hydrogen-bond donors (Lipinski definition) is 1. The molecule has 5 heteroatoms. The fourth-order valence-corrected chi connectivity index (χ4v) is 6.39. The van der Waals surface area contributed by atoms with Crippen LogP contribution in [-0.2, 0) is 16.8 Å². The molecular formula is C30H40N4O. The van der Waals surface area contributed by atoms with E-state index in [1.165, 1.54) is 27.6 Å². The second-order valence-electron chi connectivity index (χ2n) is 11.8. The maximum atomic E-state index is 13.2. The Morgan fingerprint density at radius 3 is 2.80 bits per heavy atom. The van der Waals surface area contributed by atoms with E-state index in [1.54, 1.807) is 0 Å².